The molecular formula is C7H12N4O. The topological polar surface area (TPSA) is 45.4 Å². The van der Waals surface area contributed by atoms with Crippen LogP contribution in [0.4, 0.5) is 5.95 Å². The molecule has 5 nitrogen and oxygen atoms in total. The molecule has 0 aliphatic carbocycles. The molecule has 1 saturated heterocycles. The van der Waals surface area contributed by atoms with E-state index in [2.05, 4.69) is 31.5 Å². The Morgan fingerprint density at radius 3 is 2.67 bits per heavy atom. The van der Waals surface area contributed by atoms with Crippen LogP contribution in [0.25, 0.3) is 0 Å². The maximum Gasteiger partial charge on any atom is 0.265 e. The molecule has 1 aromatic heterocycles. The highest BCUT2D eigenvalue weighted by Gasteiger charge is 2.16. The highest BCUT2D eigenvalue weighted by molar-refractivity contribution is 5.27. The Hall–Kier alpha value is -1.10. The fourth-order valence-corrected chi connectivity index (χ4v) is 1.31. The number of nitrogens with zero attached hydrogens (tertiary/aromatic N) is 4. The molecular weight excluding hydrogens is 156 g/mol. The predicted molar refractivity (Wildman–Crippen MR) is 44.0 cm³/mol. The summed E-state index contributed by atoms with van der Waals surface area (Å²) in [5, 5.41) is 3.79. The van der Waals surface area contributed by atoms with Gasteiger partial charge in [0.2, 0.25) is 6.39 Å². The first-order valence-electron chi connectivity index (χ1n) is 4.06. The van der Waals surface area contributed by atoms with Gasteiger partial charge in [0.15, 0.2) is 0 Å². The molecule has 0 spiro atoms. The van der Waals surface area contributed by atoms with E-state index in [9.17, 15) is 0 Å². The van der Waals surface area contributed by atoms with Crippen LogP contribution < -0.4 is 4.90 Å². The van der Waals surface area contributed by atoms with Gasteiger partial charge < -0.3 is 14.3 Å². The second kappa shape index (κ2) is 3.10. The van der Waals surface area contributed by atoms with Crippen LogP contribution in [-0.4, -0.2) is 48.3 Å². The van der Waals surface area contributed by atoms with Crippen molar-refractivity contribution >= 4 is 5.95 Å². The number of piperazine rings is 1. The monoisotopic (exact) mass is 168 g/mol. The van der Waals surface area contributed by atoms with Gasteiger partial charge in [-0.05, 0) is 12.2 Å². The van der Waals surface area contributed by atoms with Crippen molar-refractivity contribution in [3.63, 3.8) is 0 Å². The Labute approximate surface area is 71.0 Å². The first kappa shape index (κ1) is 7.54. The molecule has 1 aliphatic heterocycles. The number of anilines is 1. The smallest absolute Gasteiger partial charge is 0.265 e. The van der Waals surface area contributed by atoms with Gasteiger partial charge in [-0.15, -0.1) is 0 Å². The Bertz CT molecular complexity index is 228. The molecule has 0 aromatic carbocycles. The molecule has 0 amide bonds. The molecule has 0 atom stereocenters. The molecule has 0 bridgehead atoms. The largest absolute Gasteiger partial charge is 0.341 e. The number of hydrogen-bond acceptors (Lipinski definition) is 5. The van der Waals surface area contributed by atoms with Crippen molar-refractivity contribution in [3.05, 3.63) is 6.39 Å². The second-order valence-electron chi connectivity index (χ2n) is 3.02. The summed E-state index contributed by atoms with van der Waals surface area (Å²) in [5.41, 5.74) is 0. The molecule has 1 fully saturated rings. The van der Waals surface area contributed by atoms with E-state index < -0.39 is 0 Å². The summed E-state index contributed by atoms with van der Waals surface area (Å²) in [6, 6.07) is 0. The second-order valence-corrected chi connectivity index (χ2v) is 3.02. The third kappa shape index (κ3) is 1.40. The molecule has 66 valence electrons. The Morgan fingerprint density at radius 1 is 1.33 bits per heavy atom. The van der Waals surface area contributed by atoms with E-state index in [1.54, 1.807) is 0 Å². The van der Waals surface area contributed by atoms with E-state index in [1.165, 1.54) is 6.39 Å². The van der Waals surface area contributed by atoms with Gasteiger partial charge in [0, 0.05) is 26.2 Å². The fraction of sp³-hybridized carbons (Fsp3) is 0.714. The maximum atomic E-state index is 4.68. The van der Waals surface area contributed by atoms with Crippen LogP contribution in [0.2, 0.25) is 0 Å². The molecule has 0 radical (unpaired) electrons. The highest BCUT2D eigenvalue weighted by atomic mass is 16.5. The van der Waals surface area contributed by atoms with Crippen molar-refractivity contribution in [1.29, 1.82) is 0 Å². The van der Waals surface area contributed by atoms with Crippen molar-refractivity contribution < 1.29 is 4.52 Å². The highest BCUT2D eigenvalue weighted by Crippen LogP contribution is 2.08. The fourth-order valence-electron chi connectivity index (χ4n) is 1.31. The maximum absolute atomic E-state index is 4.68. The number of rotatable bonds is 1. The number of likely N-dealkylation sites (N-methyl/N-ethyl adjacent to an activating group) is 1. The van der Waals surface area contributed by atoms with Gasteiger partial charge in [0.1, 0.15) is 0 Å². The van der Waals surface area contributed by atoms with E-state index in [0.717, 1.165) is 26.2 Å². The van der Waals surface area contributed by atoms with Crippen LogP contribution in [0.15, 0.2) is 10.9 Å². The van der Waals surface area contributed by atoms with Gasteiger partial charge >= 0.3 is 0 Å². The summed E-state index contributed by atoms with van der Waals surface area (Å²) in [6.45, 7) is 4.09. The molecule has 2 heterocycles. The lowest BCUT2D eigenvalue weighted by Crippen LogP contribution is -2.44. The summed E-state index contributed by atoms with van der Waals surface area (Å²) in [4.78, 5) is 8.41. The van der Waals surface area contributed by atoms with Crippen LogP contribution in [-0.2, 0) is 0 Å². The van der Waals surface area contributed by atoms with Gasteiger partial charge in [-0.2, -0.15) is 4.98 Å². The number of hydrogen-bond donors (Lipinski definition) is 0. The van der Waals surface area contributed by atoms with E-state index in [-0.39, 0.29) is 0 Å². The van der Waals surface area contributed by atoms with Crippen LogP contribution in [0.3, 0.4) is 0 Å². The van der Waals surface area contributed by atoms with Crippen molar-refractivity contribution in [1.82, 2.24) is 15.0 Å². The molecule has 5 heteroatoms. The van der Waals surface area contributed by atoms with Gasteiger partial charge in [0.05, 0.1) is 0 Å². The zero-order valence-electron chi connectivity index (χ0n) is 7.10. The first-order valence-corrected chi connectivity index (χ1v) is 4.06. The molecule has 1 aliphatic rings. The Kier molecular flexibility index (Phi) is 1.95. The lowest BCUT2D eigenvalue weighted by Gasteiger charge is -2.31. The minimum atomic E-state index is 0.711. The molecule has 0 unspecified atom stereocenters. The molecule has 0 N–H and O–H groups in total. The minimum Gasteiger partial charge on any atom is -0.341 e. The normalized spacial score (nSPS) is 19.9. The molecule has 0 saturated carbocycles. The van der Waals surface area contributed by atoms with Crippen LogP contribution >= 0.6 is 0 Å². The average molecular weight is 168 g/mol. The Morgan fingerprint density at radius 2 is 2.08 bits per heavy atom. The van der Waals surface area contributed by atoms with Gasteiger partial charge in [-0.1, -0.05) is 0 Å². The molecule has 2 rings (SSSR count). The van der Waals surface area contributed by atoms with Crippen LogP contribution in [0.5, 0.6) is 0 Å². The van der Waals surface area contributed by atoms with Crippen molar-refractivity contribution in [2.75, 3.05) is 38.1 Å². The third-order valence-corrected chi connectivity index (χ3v) is 2.14. The van der Waals surface area contributed by atoms with Crippen molar-refractivity contribution in [2.45, 2.75) is 0 Å². The summed E-state index contributed by atoms with van der Waals surface area (Å²) in [5.74, 6) is 0.711. The zero-order valence-corrected chi connectivity index (χ0v) is 7.10. The summed E-state index contributed by atoms with van der Waals surface area (Å²) in [6.07, 6.45) is 1.37. The lowest BCUT2D eigenvalue weighted by atomic mass is 10.3. The van der Waals surface area contributed by atoms with Gasteiger partial charge in [0.25, 0.3) is 5.95 Å². The first-order chi connectivity index (χ1) is 5.86. The molecule has 1 aromatic rings. The lowest BCUT2D eigenvalue weighted by molar-refractivity contribution is 0.309. The van der Waals surface area contributed by atoms with E-state index in [0.29, 0.717) is 5.95 Å². The van der Waals surface area contributed by atoms with E-state index in [1.807, 2.05) is 0 Å². The Balaban J connectivity index is 1.99. The van der Waals surface area contributed by atoms with Gasteiger partial charge in [-0.25, -0.2) is 0 Å². The SMILES string of the molecule is CN1CCN(c2ncon2)CC1. The summed E-state index contributed by atoms with van der Waals surface area (Å²) < 4.78 is 4.68. The minimum absolute atomic E-state index is 0.711. The average Bonchev–Trinajstić information content (AvgIpc) is 2.58. The van der Waals surface area contributed by atoms with Crippen molar-refractivity contribution in [2.24, 2.45) is 0 Å². The quantitative estimate of drug-likeness (QED) is 0.582. The third-order valence-electron chi connectivity index (χ3n) is 2.14. The molecule has 12 heavy (non-hydrogen) atoms. The van der Waals surface area contributed by atoms with Crippen LogP contribution in [0.1, 0.15) is 0 Å². The van der Waals surface area contributed by atoms with E-state index >= 15 is 0 Å². The summed E-state index contributed by atoms with van der Waals surface area (Å²) >= 11 is 0. The predicted octanol–water partition coefficient (Wildman–Crippen LogP) is -0.179. The van der Waals surface area contributed by atoms with Gasteiger partial charge in [-0.3, -0.25) is 0 Å². The zero-order chi connectivity index (χ0) is 8.39. The number of aromatic nitrogens is 2. The van der Waals surface area contributed by atoms with Crippen LogP contribution in [0, 0.1) is 0 Å². The standard InChI is InChI=1S/C7H12N4O/c1-10-2-4-11(5-3-10)7-8-6-12-9-7/h6H,2-5H2,1H3. The summed E-state index contributed by atoms with van der Waals surface area (Å²) in [7, 11) is 2.12. The van der Waals surface area contributed by atoms with E-state index in [4.69, 9.17) is 0 Å². The van der Waals surface area contributed by atoms with Crippen molar-refractivity contribution in [3.8, 4) is 0 Å².